The number of pyridine rings is 1. The first-order valence-corrected chi connectivity index (χ1v) is 3.61. The summed E-state index contributed by atoms with van der Waals surface area (Å²) in [6.45, 7) is -1.43. The van der Waals surface area contributed by atoms with Gasteiger partial charge in [-0.3, -0.25) is 9.78 Å². The fraction of sp³-hybridized carbons (Fsp3) is 0.250. The van der Waals surface area contributed by atoms with Crippen molar-refractivity contribution >= 4 is 6.29 Å². The fourth-order valence-corrected chi connectivity index (χ4v) is 0.768. The van der Waals surface area contributed by atoms with Crippen LogP contribution in [0.4, 0.5) is 13.2 Å². The molecule has 6 heteroatoms. The van der Waals surface area contributed by atoms with E-state index < -0.39 is 12.8 Å². The van der Waals surface area contributed by atoms with Gasteiger partial charge in [0.05, 0.1) is 11.8 Å². The molecule has 0 aliphatic carbocycles. The van der Waals surface area contributed by atoms with Gasteiger partial charge in [-0.2, -0.15) is 13.2 Å². The van der Waals surface area contributed by atoms with E-state index in [1.165, 1.54) is 12.3 Å². The van der Waals surface area contributed by atoms with Crippen molar-refractivity contribution in [2.75, 3.05) is 6.61 Å². The quantitative estimate of drug-likeness (QED) is 0.706. The topological polar surface area (TPSA) is 39.2 Å². The Balaban J connectivity index is 2.71. The number of alkyl halides is 3. The van der Waals surface area contributed by atoms with Crippen LogP contribution >= 0.6 is 0 Å². The Kier molecular flexibility index (Phi) is 3.06. The van der Waals surface area contributed by atoms with Gasteiger partial charge in [0.25, 0.3) is 0 Å². The monoisotopic (exact) mass is 205 g/mol. The standard InChI is InChI=1S/C8H6F3NO2/c9-8(10,11)5-14-7-3-12-2-1-6(7)4-13/h1-4H,5H2. The lowest BCUT2D eigenvalue weighted by Gasteiger charge is -2.09. The Morgan fingerprint density at radius 3 is 2.79 bits per heavy atom. The molecule has 0 saturated carbocycles. The minimum Gasteiger partial charge on any atom is -0.482 e. The lowest BCUT2D eigenvalue weighted by molar-refractivity contribution is -0.153. The van der Waals surface area contributed by atoms with Crippen LogP contribution < -0.4 is 4.74 Å². The highest BCUT2D eigenvalue weighted by Crippen LogP contribution is 2.19. The first kappa shape index (κ1) is 10.5. The van der Waals surface area contributed by atoms with Gasteiger partial charge in [0.15, 0.2) is 12.9 Å². The van der Waals surface area contributed by atoms with E-state index in [1.807, 2.05) is 0 Å². The number of carbonyl (C=O) groups excluding carboxylic acids is 1. The first-order chi connectivity index (χ1) is 6.53. The molecule has 1 aromatic heterocycles. The van der Waals surface area contributed by atoms with Crippen molar-refractivity contribution < 1.29 is 22.7 Å². The van der Waals surface area contributed by atoms with E-state index >= 15 is 0 Å². The zero-order chi connectivity index (χ0) is 10.6. The van der Waals surface area contributed by atoms with E-state index in [0.717, 1.165) is 6.20 Å². The maximum Gasteiger partial charge on any atom is 0.422 e. The normalized spacial score (nSPS) is 11.1. The highest BCUT2D eigenvalue weighted by atomic mass is 19.4. The molecule has 0 spiro atoms. The highest BCUT2D eigenvalue weighted by Gasteiger charge is 2.28. The summed E-state index contributed by atoms with van der Waals surface area (Å²) in [6.07, 6.45) is -1.65. The lowest BCUT2D eigenvalue weighted by atomic mass is 10.3. The maximum atomic E-state index is 11.7. The smallest absolute Gasteiger partial charge is 0.422 e. The molecule has 0 fully saturated rings. The summed E-state index contributed by atoms with van der Waals surface area (Å²) in [5, 5.41) is 0. The molecule has 0 N–H and O–H groups in total. The Morgan fingerprint density at radius 2 is 2.21 bits per heavy atom. The number of aldehydes is 1. The number of rotatable bonds is 3. The van der Waals surface area contributed by atoms with Crippen LogP contribution in [0, 0.1) is 0 Å². The van der Waals surface area contributed by atoms with Gasteiger partial charge >= 0.3 is 6.18 Å². The lowest BCUT2D eigenvalue weighted by Crippen LogP contribution is -2.19. The van der Waals surface area contributed by atoms with Gasteiger partial charge in [0.2, 0.25) is 0 Å². The predicted molar refractivity (Wildman–Crippen MR) is 41.2 cm³/mol. The van der Waals surface area contributed by atoms with Crippen LogP contribution in [0.25, 0.3) is 0 Å². The number of ether oxygens (including phenoxy) is 1. The van der Waals surface area contributed by atoms with Crippen molar-refractivity contribution in [3.8, 4) is 5.75 Å². The van der Waals surface area contributed by atoms with Crippen molar-refractivity contribution in [1.82, 2.24) is 4.98 Å². The number of halogens is 3. The van der Waals surface area contributed by atoms with E-state index in [9.17, 15) is 18.0 Å². The fourth-order valence-electron chi connectivity index (χ4n) is 0.768. The molecule has 0 aliphatic rings. The second-order valence-electron chi connectivity index (χ2n) is 2.44. The van der Waals surface area contributed by atoms with E-state index in [1.54, 1.807) is 0 Å². The minimum atomic E-state index is -4.42. The van der Waals surface area contributed by atoms with Crippen LogP contribution in [0.1, 0.15) is 10.4 Å². The van der Waals surface area contributed by atoms with Crippen molar-refractivity contribution in [1.29, 1.82) is 0 Å². The number of hydrogen-bond donors (Lipinski definition) is 0. The molecule has 1 rings (SSSR count). The van der Waals surface area contributed by atoms with Gasteiger partial charge in [-0.25, -0.2) is 0 Å². The molecule has 0 saturated heterocycles. The van der Waals surface area contributed by atoms with Crippen LogP contribution in [-0.2, 0) is 0 Å². The second kappa shape index (κ2) is 4.08. The zero-order valence-electron chi connectivity index (χ0n) is 6.91. The second-order valence-corrected chi connectivity index (χ2v) is 2.44. The molecule has 0 unspecified atom stereocenters. The van der Waals surface area contributed by atoms with Gasteiger partial charge in [0, 0.05) is 6.20 Å². The maximum absolute atomic E-state index is 11.7. The Bertz CT molecular complexity index is 325. The third kappa shape index (κ3) is 3.04. The van der Waals surface area contributed by atoms with Crippen LogP contribution in [-0.4, -0.2) is 24.1 Å². The highest BCUT2D eigenvalue weighted by molar-refractivity contribution is 5.78. The number of hydrogen-bond acceptors (Lipinski definition) is 3. The molecular formula is C8H6F3NO2. The summed E-state index contributed by atoms with van der Waals surface area (Å²) in [4.78, 5) is 13.9. The third-order valence-electron chi connectivity index (χ3n) is 1.33. The molecule has 0 radical (unpaired) electrons. The summed E-state index contributed by atoms with van der Waals surface area (Å²) in [7, 11) is 0. The largest absolute Gasteiger partial charge is 0.482 e. The van der Waals surface area contributed by atoms with Crippen molar-refractivity contribution in [2.24, 2.45) is 0 Å². The van der Waals surface area contributed by atoms with Gasteiger partial charge in [0.1, 0.15) is 5.75 Å². The summed E-state index contributed by atoms with van der Waals surface area (Å²) in [5.41, 5.74) is 0.0456. The molecule has 0 aliphatic heterocycles. The molecule has 1 aromatic rings. The SMILES string of the molecule is O=Cc1ccncc1OCC(F)(F)F. The Hall–Kier alpha value is -1.59. The predicted octanol–water partition coefficient (Wildman–Crippen LogP) is 1.84. The number of carbonyl (C=O) groups is 1. The molecule has 14 heavy (non-hydrogen) atoms. The average Bonchev–Trinajstić information content (AvgIpc) is 2.14. The van der Waals surface area contributed by atoms with Gasteiger partial charge < -0.3 is 4.74 Å². The molecule has 3 nitrogen and oxygen atoms in total. The van der Waals surface area contributed by atoms with E-state index in [4.69, 9.17) is 0 Å². The van der Waals surface area contributed by atoms with E-state index in [-0.39, 0.29) is 11.3 Å². The van der Waals surface area contributed by atoms with Gasteiger partial charge in [-0.15, -0.1) is 0 Å². The average molecular weight is 205 g/mol. The Morgan fingerprint density at radius 1 is 1.50 bits per heavy atom. The van der Waals surface area contributed by atoms with E-state index in [0.29, 0.717) is 6.29 Å². The van der Waals surface area contributed by atoms with Crippen molar-refractivity contribution in [3.63, 3.8) is 0 Å². The molecule has 0 aromatic carbocycles. The zero-order valence-corrected chi connectivity index (χ0v) is 6.91. The third-order valence-corrected chi connectivity index (χ3v) is 1.33. The van der Waals surface area contributed by atoms with Gasteiger partial charge in [-0.05, 0) is 6.07 Å². The number of nitrogens with zero attached hydrogens (tertiary/aromatic N) is 1. The molecule has 76 valence electrons. The van der Waals surface area contributed by atoms with Crippen molar-refractivity contribution in [2.45, 2.75) is 6.18 Å². The van der Waals surface area contributed by atoms with Crippen LogP contribution in [0.15, 0.2) is 18.5 Å². The molecule has 1 heterocycles. The minimum absolute atomic E-state index is 0.0456. The summed E-state index contributed by atoms with van der Waals surface area (Å²) in [5.74, 6) is -0.167. The van der Waals surface area contributed by atoms with E-state index in [2.05, 4.69) is 9.72 Å². The number of aromatic nitrogens is 1. The van der Waals surface area contributed by atoms with Crippen LogP contribution in [0.5, 0.6) is 5.75 Å². The molecule has 0 bridgehead atoms. The molecule has 0 atom stereocenters. The van der Waals surface area contributed by atoms with Crippen LogP contribution in [0.3, 0.4) is 0 Å². The van der Waals surface area contributed by atoms with Crippen molar-refractivity contribution in [3.05, 3.63) is 24.0 Å². The van der Waals surface area contributed by atoms with Crippen LogP contribution in [0.2, 0.25) is 0 Å². The molecular weight excluding hydrogens is 199 g/mol. The molecule has 0 amide bonds. The first-order valence-electron chi connectivity index (χ1n) is 3.61. The summed E-state index contributed by atoms with van der Waals surface area (Å²) < 4.78 is 39.6. The summed E-state index contributed by atoms with van der Waals surface area (Å²) in [6, 6.07) is 1.28. The summed E-state index contributed by atoms with van der Waals surface area (Å²) >= 11 is 0. The van der Waals surface area contributed by atoms with Gasteiger partial charge in [-0.1, -0.05) is 0 Å². The Labute approximate surface area is 77.5 Å².